The number of carbonyl (C=O) groups is 1. The Morgan fingerprint density at radius 2 is 1.83 bits per heavy atom. The number of piperidine rings is 2. The van der Waals surface area contributed by atoms with E-state index in [1.54, 1.807) is 0 Å². The second-order valence-electron chi connectivity index (χ2n) is 7.92. The van der Waals surface area contributed by atoms with E-state index >= 15 is 0 Å². The van der Waals surface area contributed by atoms with Crippen molar-refractivity contribution >= 4 is 6.03 Å². The first kappa shape index (κ1) is 18.5. The van der Waals surface area contributed by atoms with Gasteiger partial charge in [-0.3, -0.25) is 0 Å². The highest BCUT2D eigenvalue weighted by molar-refractivity contribution is 5.74. The van der Waals surface area contributed by atoms with Crippen molar-refractivity contribution in [2.75, 3.05) is 39.3 Å². The van der Waals surface area contributed by atoms with E-state index in [1.165, 1.54) is 0 Å². The van der Waals surface area contributed by atoms with Crippen LogP contribution in [0.25, 0.3) is 0 Å². The normalized spacial score (nSPS) is 23.3. The molecule has 0 aliphatic carbocycles. The SMILES string of the molecule is CCC1(CO)CCN(C(=O)NC2CCN(CC(C)C)CC2)CC1. The molecule has 134 valence electrons. The Labute approximate surface area is 141 Å². The molecule has 2 rings (SSSR count). The fourth-order valence-electron chi connectivity index (χ4n) is 3.85. The highest BCUT2D eigenvalue weighted by Crippen LogP contribution is 2.34. The zero-order valence-electron chi connectivity index (χ0n) is 15.2. The number of nitrogens with zero attached hydrogens (tertiary/aromatic N) is 2. The van der Waals surface area contributed by atoms with Crippen LogP contribution in [0.15, 0.2) is 0 Å². The molecule has 2 saturated heterocycles. The third kappa shape index (κ3) is 5.08. The molecule has 23 heavy (non-hydrogen) atoms. The molecule has 2 aliphatic rings. The molecule has 2 heterocycles. The number of carbonyl (C=O) groups excluding carboxylic acids is 1. The molecular formula is C18H35N3O2. The molecule has 2 amide bonds. The van der Waals surface area contributed by atoms with Crippen molar-refractivity contribution in [2.24, 2.45) is 11.3 Å². The second-order valence-corrected chi connectivity index (χ2v) is 7.92. The van der Waals surface area contributed by atoms with Gasteiger partial charge in [0.1, 0.15) is 0 Å². The number of aliphatic hydroxyl groups excluding tert-OH is 1. The summed E-state index contributed by atoms with van der Waals surface area (Å²) in [7, 11) is 0. The molecule has 0 spiro atoms. The van der Waals surface area contributed by atoms with Gasteiger partial charge in [0.2, 0.25) is 0 Å². The Hall–Kier alpha value is -0.810. The first-order valence-corrected chi connectivity index (χ1v) is 9.36. The lowest BCUT2D eigenvalue weighted by Gasteiger charge is -2.41. The lowest BCUT2D eigenvalue weighted by molar-refractivity contribution is 0.0508. The van der Waals surface area contributed by atoms with Crippen LogP contribution in [0.1, 0.15) is 52.9 Å². The fraction of sp³-hybridized carbons (Fsp3) is 0.944. The number of nitrogens with one attached hydrogen (secondary N) is 1. The van der Waals surface area contributed by atoms with Crippen LogP contribution >= 0.6 is 0 Å². The molecule has 0 aromatic heterocycles. The third-order valence-corrected chi connectivity index (χ3v) is 5.74. The van der Waals surface area contributed by atoms with Crippen molar-refractivity contribution in [1.29, 1.82) is 0 Å². The van der Waals surface area contributed by atoms with Gasteiger partial charge in [-0.25, -0.2) is 4.79 Å². The molecule has 2 N–H and O–H groups in total. The number of urea groups is 1. The number of likely N-dealkylation sites (tertiary alicyclic amines) is 2. The van der Waals surface area contributed by atoms with Gasteiger partial charge in [-0.15, -0.1) is 0 Å². The maximum atomic E-state index is 12.5. The lowest BCUT2D eigenvalue weighted by Crippen LogP contribution is -2.52. The minimum Gasteiger partial charge on any atom is -0.396 e. The van der Waals surface area contributed by atoms with E-state index in [0.29, 0.717) is 12.0 Å². The quantitative estimate of drug-likeness (QED) is 0.815. The molecule has 5 nitrogen and oxygen atoms in total. The minimum absolute atomic E-state index is 0.0406. The maximum Gasteiger partial charge on any atom is 0.317 e. The van der Waals surface area contributed by atoms with Gasteiger partial charge < -0.3 is 20.2 Å². The number of rotatable bonds is 5. The Bertz CT molecular complexity index is 364. The summed E-state index contributed by atoms with van der Waals surface area (Å²) in [5, 5.41) is 12.8. The molecule has 0 aromatic carbocycles. The highest BCUT2D eigenvalue weighted by atomic mass is 16.3. The number of aliphatic hydroxyl groups is 1. The summed E-state index contributed by atoms with van der Waals surface area (Å²) < 4.78 is 0. The van der Waals surface area contributed by atoms with Crippen LogP contribution in [0.2, 0.25) is 0 Å². The number of hydrogen-bond donors (Lipinski definition) is 2. The molecule has 0 bridgehead atoms. The summed E-state index contributed by atoms with van der Waals surface area (Å²) in [5.41, 5.74) is 0.0406. The van der Waals surface area contributed by atoms with Gasteiger partial charge in [-0.05, 0) is 43.4 Å². The molecule has 5 heteroatoms. The average Bonchev–Trinajstić information content (AvgIpc) is 2.56. The Kier molecular flexibility index (Phi) is 6.72. The van der Waals surface area contributed by atoms with Gasteiger partial charge in [0.25, 0.3) is 0 Å². The predicted molar refractivity (Wildman–Crippen MR) is 93.4 cm³/mol. The molecule has 0 atom stereocenters. The first-order chi connectivity index (χ1) is 11.0. The summed E-state index contributed by atoms with van der Waals surface area (Å²) in [6.45, 7) is 11.8. The van der Waals surface area contributed by atoms with E-state index in [1.807, 2.05) is 4.90 Å². The smallest absolute Gasteiger partial charge is 0.317 e. The van der Waals surface area contributed by atoms with Gasteiger partial charge >= 0.3 is 6.03 Å². The Morgan fingerprint density at radius 3 is 2.30 bits per heavy atom. The van der Waals surface area contributed by atoms with Crippen molar-refractivity contribution in [3.63, 3.8) is 0 Å². The standard InChI is InChI=1S/C18H35N3O2/c1-4-18(14-22)7-11-21(12-8-18)17(23)19-16-5-9-20(10-6-16)13-15(2)3/h15-16,22H,4-14H2,1-3H3,(H,19,23). The van der Waals surface area contributed by atoms with Gasteiger partial charge in [0, 0.05) is 45.4 Å². The topological polar surface area (TPSA) is 55.8 Å². The summed E-state index contributed by atoms with van der Waals surface area (Å²) in [6.07, 6.45) is 4.94. The van der Waals surface area contributed by atoms with E-state index in [9.17, 15) is 9.90 Å². The zero-order valence-corrected chi connectivity index (χ0v) is 15.2. The van der Waals surface area contributed by atoms with Crippen LogP contribution < -0.4 is 5.32 Å². The van der Waals surface area contributed by atoms with E-state index in [4.69, 9.17) is 0 Å². The van der Waals surface area contributed by atoms with Crippen LogP contribution in [0, 0.1) is 11.3 Å². The molecule has 0 radical (unpaired) electrons. The zero-order chi connectivity index (χ0) is 16.9. The third-order valence-electron chi connectivity index (χ3n) is 5.74. The molecule has 0 unspecified atom stereocenters. The monoisotopic (exact) mass is 325 g/mol. The van der Waals surface area contributed by atoms with E-state index in [-0.39, 0.29) is 18.1 Å². The number of hydrogen-bond acceptors (Lipinski definition) is 3. The largest absolute Gasteiger partial charge is 0.396 e. The van der Waals surface area contributed by atoms with Crippen molar-refractivity contribution in [3.8, 4) is 0 Å². The summed E-state index contributed by atoms with van der Waals surface area (Å²) >= 11 is 0. The second kappa shape index (κ2) is 8.34. The van der Waals surface area contributed by atoms with Gasteiger partial charge in [0.15, 0.2) is 0 Å². The van der Waals surface area contributed by atoms with Crippen LogP contribution in [0.4, 0.5) is 4.79 Å². The predicted octanol–water partition coefficient (Wildman–Crippen LogP) is 2.30. The number of amides is 2. The molecule has 2 aliphatic heterocycles. The van der Waals surface area contributed by atoms with E-state index in [0.717, 1.165) is 64.8 Å². The van der Waals surface area contributed by atoms with E-state index in [2.05, 4.69) is 31.0 Å². The molecular weight excluding hydrogens is 290 g/mol. The molecule has 2 fully saturated rings. The minimum atomic E-state index is 0.0406. The Balaban J connectivity index is 1.72. The van der Waals surface area contributed by atoms with Crippen LogP contribution in [-0.2, 0) is 0 Å². The van der Waals surface area contributed by atoms with Crippen molar-refractivity contribution in [2.45, 2.75) is 58.9 Å². The van der Waals surface area contributed by atoms with Crippen LogP contribution in [-0.4, -0.2) is 66.3 Å². The van der Waals surface area contributed by atoms with Crippen LogP contribution in [0.3, 0.4) is 0 Å². The van der Waals surface area contributed by atoms with Crippen molar-refractivity contribution < 1.29 is 9.90 Å². The van der Waals surface area contributed by atoms with Gasteiger partial charge in [-0.2, -0.15) is 0 Å². The summed E-state index contributed by atoms with van der Waals surface area (Å²) in [4.78, 5) is 16.9. The molecule has 0 aromatic rings. The molecule has 0 saturated carbocycles. The van der Waals surface area contributed by atoms with Crippen LogP contribution in [0.5, 0.6) is 0 Å². The first-order valence-electron chi connectivity index (χ1n) is 9.36. The average molecular weight is 325 g/mol. The van der Waals surface area contributed by atoms with E-state index < -0.39 is 0 Å². The summed E-state index contributed by atoms with van der Waals surface area (Å²) in [5.74, 6) is 0.708. The fourth-order valence-corrected chi connectivity index (χ4v) is 3.85. The van der Waals surface area contributed by atoms with Gasteiger partial charge in [-0.1, -0.05) is 20.8 Å². The summed E-state index contributed by atoms with van der Waals surface area (Å²) in [6, 6.07) is 0.413. The van der Waals surface area contributed by atoms with Crippen molar-refractivity contribution in [3.05, 3.63) is 0 Å². The van der Waals surface area contributed by atoms with Crippen molar-refractivity contribution in [1.82, 2.24) is 15.1 Å². The Morgan fingerprint density at radius 1 is 1.22 bits per heavy atom. The lowest BCUT2D eigenvalue weighted by atomic mass is 9.77. The maximum absolute atomic E-state index is 12.5. The van der Waals surface area contributed by atoms with Gasteiger partial charge in [0.05, 0.1) is 0 Å². The highest BCUT2D eigenvalue weighted by Gasteiger charge is 2.34.